The molecular weight excluding hydrogens is 368 g/mol. The van der Waals surface area contributed by atoms with E-state index in [9.17, 15) is 9.59 Å². The van der Waals surface area contributed by atoms with Crippen LogP contribution in [0.25, 0.3) is 11.2 Å². The summed E-state index contributed by atoms with van der Waals surface area (Å²) in [4.78, 5) is 32.7. The van der Waals surface area contributed by atoms with Crippen LogP contribution in [0.3, 0.4) is 0 Å². The fourth-order valence-corrected chi connectivity index (χ4v) is 4.51. The molecule has 0 spiro atoms. The highest BCUT2D eigenvalue weighted by molar-refractivity contribution is 7.10. The van der Waals surface area contributed by atoms with Gasteiger partial charge in [-0.15, -0.1) is 22.7 Å². The van der Waals surface area contributed by atoms with Crippen molar-refractivity contribution < 1.29 is 0 Å². The van der Waals surface area contributed by atoms with Crippen molar-refractivity contribution in [2.24, 2.45) is 7.05 Å². The molecule has 0 radical (unpaired) electrons. The molecular formula is C18H18N4O2S2. The molecule has 0 aliphatic heterocycles. The first-order chi connectivity index (χ1) is 12.6. The number of hydrogen-bond donors (Lipinski definition) is 0. The normalized spacial score (nSPS) is 11.5. The second-order valence-electron chi connectivity index (χ2n) is 6.01. The third-order valence-electron chi connectivity index (χ3n) is 4.46. The minimum atomic E-state index is -0.306. The quantitative estimate of drug-likeness (QED) is 0.530. The molecule has 0 aliphatic carbocycles. The zero-order valence-corrected chi connectivity index (χ0v) is 16.1. The van der Waals surface area contributed by atoms with Gasteiger partial charge < -0.3 is 4.57 Å². The molecule has 4 rings (SSSR count). The van der Waals surface area contributed by atoms with Crippen LogP contribution < -0.4 is 11.2 Å². The van der Waals surface area contributed by atoms with Gasteiger partial charge in [0.15, 0.2) is 11.2 Å². The van der Waals surface area contributed by atoms with E-state index in [0.717, 1.165) is 10.7 Å². The molecule has 134 valence electrons. The molecule has 0 saturated carbocycles. The van der Waals surface area contributed by atoms with Gasteiger partial charge in [0.1, 0.15) is 5.82 Å². The third-order valence-corrected chi connectivity index (χ3v) is 6.19. The van der Waals surface area contributed by atoms with E-state index in [1.807, 2.05) is 53.6 Å². The second-order valence-corrected chi connectivity index (χ2v) is 8.08. The Labute approximate surface area is 157 Å². The van der Waals surface area contributed by atoms with Gasteiger partial charge in [-0.1, -0.05) is 12.1 Å². The Hall–Kier alpha value is -2.45. The molecule has 6 nitrogen and oxygen atoms in total. The van der Waals surface area contributed by atoms with Crippen molar-refractivity contribution in [3.63, 3.8) is 0 Å². The molecule has 0 amide bonds. The highest BCUT2D eigenvalue weighted by Crippen LogP contribution is 2.18. The van der Waals surface area contributed by atoms with Crippen molar-refractivity contribution >= 4 is 33.8 Å². The average molecular weight is 387 g/mol. The minimum Gasteiger partial charge on any atom is -0.325 e. The minimum absolute atomic E-state index is 0.276. The Morgan fingerprint density at radius 2 is 1.73 bits per heavy atom. The number of hydrogen-bond acceptors (Lipinski definition) is 5. The van der Waals surface area contributed by atoms with E-state index < -0.39 is 0 Å². The van der Waals surface area contributed by atoms with Gasteiger partial charge in [-0.3, -0.25) is 13.9 Å². The predicted octanol–water partition coefficient (Wildman–Crippen LogP) is 2.68. The zero-order chi connectivity index (χ0) is 18.3. The predicted molar refractivity (Wildman–Crippen MR) is 105 cm³/mol. The fourth-order valence-electron chi connectivity index (χ4n) is 3.11. The molecule has 0 atom stereocenters. The Balaban J connectivity index is 1.96. The summed E-state index contributed by atoms with van der Waals surface area (Å²) in [6, 6.07) is 7.99. The van der Waals surface area contributed by atoms with Gasteiger partial charge in [0, 0.05) is 29.8 Å². The summed E-state index contributed by atoms with van der Waals surface area (Å²) in [6.45, 7) is 2.57. The van der Waals surface area contributed by atoms with Crippen LogP contribution in [-0.2, 0) is 26.6 Å². The Morgan fingerprint density at radius 1 is 1.04 bits per heavy atom. The van der Waals surface area contributed by atoms with Crippen molar-refractivity contribution in [1.29, 1.82) is 0 Å². The van der Waals surface area contributed by atoms with Gasteiger partial charge in [-0.2, -0.15) is 0 Å². The van der Waals surface area contributed by atoms with Gasteiger partial charge in [0.05, 0.1) is 6.54 Å². The fraction of sp³-hybridized carbons (Fsp3) is 0.278. The van der Waals surface area contributed by atoms with Crippen LogP contribution in [-0.4, -0.2) is 18.7 Å². The molecule has 0 unspecified atom stereocenters. The largest absolute Gasteiger partial charge is 0.333 e. The smallest absolute Gasteiger partial charge is 0.325 e. The Morgan fingerprint density at radius 3 is 2.35 bits per heavy atom. The first-order valence-corrected chi connectivity index (χ1v) is 10.1. The van der Waals surface area contributed by atoms with Crippen molar-refractivity contribution in [2.75, 3.05) is 0 Å². The van der Waals surface area contributed by atoms with Crippen LogP contribution in [0.2, 0.25) is 0 Å². The van der Waals surface area contributed by atoms with Crippen molar-refractivity contribution in [3.8, 4) is 0 Å². The summed E-state index contributed by atoms with van der Waals surface area (Å²) >= 11 is 3.24. The van der Waals surface area contributed by atoms with Crippen LogP contribution in [0, 0.1) is 0 Å². The Kier molecular flexibility index (Phi) is 4.37. The van der Waals surface area contributed by atoms with E-state index >= 15 is 0 Å². The van der Waals surface area contributed by atoms with E-state index in [2.05, 4.69) is 4.98 Å². The van der Waals surface area contributed by atoms with Gasteiger partial charge >= 0.3 is 5.69 Å². The van der Waals surface area contributed by atoms with E-state index in [0.29, 0.717) is 30.7 Å². The molecule has 4 aromatic heterocycles. The lowest BCUT2D eigenvalue weighted by Gasteiger charge is -2.09. The molecule has 0 saturated heterocycles. The number of aromatic nitrogens is 4. The molecule has 8 heteroatoms. The van der Waals surface area contributed by atoms with Crippen molar-refractivity contribution in [3.05, 3.63) is 71.4 Å². The Bertz CT molecular complexity index is 1160. The number of aryl methyl sites for hydroxylation is 1. The maximum absolute atomic E-state index is 12.9. The standard InChI is InChI=1S/C18H18N4O2S2/c1-3-21-17(23)15-16(22(18(21)24)11-13-7-5-9-26-13)19-14(20(15)2)10-12-6-4-8-25-12/h4-9H,3,10-11H2,1-2H3. The van der Waals surface area contributed by atoms with Crippen LogP contribution >= 0.6 is 22.7 Å². The number of thiophene rings is 2. The molecule has 4 aromatic rings. The molecule has 4 heterocycles. The van der Waals surface area contributed by atoms with Crippen LogP contribution in [0.15, 0.2) is 44.6 Å². The molecule has 0 aromatic carbocycles. The molecule has 0 aliphatic rings. The summed E-state index contributed by atoms with van der Waals surface area (Å²) in [5, 5.41) is 4.00. The number of nitrogens with zero attached hydrogens (tertiary/aromatic N) is 4. The number of rotatable bonds is 5. The molecule has 0 N–H and O–H groups in total. The maximum atomic E-state index is 12.9. The summed E-state index contributed by atoms with van der Waals surface area (Å²) in [7, 11) is 1.85. The summed E-state index contributed by atoms with van der Waals surface area (Å²) in [6.07, 6.45) is 0.640. The lowest BCUT2D eigenvalue weighted by atomic mass is 10.3. The van der Waals surface area contributed by atoms with Crippen LogP contribution in [0.1, 0.15) is 22.5 Å². The number of fused-ring (bicyclic) bond motifs is 1. The van der Waals surface area contributed by atoms with Crippen LogP contribution in [0.5, 0.6) is 0 Å². The molecule has 0 fully saturated rings. The van der Waals surface area contributed by atoms with Gasteiger partial charge in [-0.05, 0) is 29.8 Å². The summed E-state index contributed by atoms with van der Waals surface area (Å²) in [5.74, 6) is 0.785. The topological polar surface area (TPSA) is 61.8 Å². The SMILES string of the molecule is CCn1c(=O)c2c(nc(Cc3cccs3)n2C)n(Cc2cccs2)c1=O. The maximum Gasteiger partial charge on any atom is 0.333 e. The van der Waals surface area contributed by atoms with Crippen LogP contribution in [0.4, 0.5) is 0 Å². The number of imidazole rings is 1. The van der Waals surface area contributed by atoms with E-state index in [1.54, 1.807) is 27.2 Å². The van der Waals surface area contributed by atoms with Crippen molar-refractivity contribution in [1.82, 2.24) is 18.7 Å². The molecule has 26 heavy (non-hydrogen) atoms. The highest BCUT2D eigenvalue weighted by atomic mass is 32.1. The summed E-state index contributed by atoms with van der Waals surface area (Å²) < 4.78 is 4.73. The monoisotopic (exact) mass is 386 g/mol. The summed E-state index contributed by atoms with van der Waals surface area (Å²) in [5.41, 5.74) is 0.364. The van der Waals surface area contributed by atoms with E-state index in [4.69, 9.17) is 0 Å². The van der Waals surface area contributed by atoms with Crippen molar-refractivity contribution in [2.45, 2.75) is 26.4 Å². The van der Waals surface area contributed by atoms with E-state index in [1.165, 1.54) is 9.44 Å². The van der Waals surface area contributed by atoms with Gasteiger partial charge in [-0.25, -0.2) is 9.78 Å². The lowest BCUT2D eigenvalue weighted by Crippen LogP contribution is -2.40. The van der Waals surface area contributed by atoms with Gasteiger partial charge in [0.2, 0.25) is 0 Å². The first-order valence-electron chi connectivity index (χ1n) is 8.33. The third kappa shape index (κ3) is 2.75. The van der Waals surface area contributed by atoms with E-state index in [-0.39, 0.29) is 11.2 Å². The lowest BCUT2D eigenvalue weighted by molar-refractivity contribution is 0.616. The molecule has 0 bridgehead atoms. The van der Waals surface area contributed by atoms with Gasteiger partial charge in [0.25, 0.3) is 5.56 Å². The highest BCUT2D eigenvalue weighted by Gasteiger charge is 2.20. The zero-order valence-electron chi connectivity index (χ0n) is 14.5. The first kappa shape index (κ1) is 17.0. The second kappa shape index (κ2) is 6.69. The average Bonchev–Trinajstić information content (AvgIpc) is 3.36.